The van der Waals surface area contributed by atoms with Gasteiger partial charge in [-0.25, -0.2) is 0 Å². The number of nitrogens with one attached hydrogen (secondary N) is 1. The molecule has 1 rings (SSSR count). The Bertz CT molecular complexity index is 366. The van der Waals surface area contributed by atoms with E-state index in [0.717, 1.165) is 17.9 Å². The van der Waals surface area contributed by atoms with Crippen molar-refractivity contribution in [2.45, 2.75) is 32.7 Å². The number of nitrogens with two attached hydrogens (primary N) is 1. The highest BCUT2D eigenvalue weighted by Crippen LogP contribution is 2.29. The minimum atomic E-state index is -0.0365. The third-order valence-corrected chi connectivity index (χ3v) is 2.78. The highest BCUT2D eigenvalue weighted by Gasteiger charge is 2.16. The van der Waals surface area contributed by atoms with Gasteiger partial charge in [-0.3, -0.25) is 0 Å². The molecular formula is C13H21ClN2O. The van der Waals surface area contributed by atoms with Gasteiger partial charge in [0.1, 0.15) is 5.75 Å². The van der Waals surface area contributed by atoms with E-state index in [0.29, 0.717) is 18.2 Å². The Hall–Kier alpha value is -0.930. The molecule has 0 aliphatic carbocycles. The second-order valence-electron chi connectivity index (χ2n) is 4.63. The molecule has 0 unspecified atom stereocenters. The molecule has 1 aromatic rings. The van der Waals surface area contributed by atoms with Gasteiger partial charge in [-0.2, -0.15) is 0 Å². The lowest BCUT2D eigenvalue weighted by atomic mass is 10.0. The Balaban J connectivity index is 2.76. The molecule has 0 atom stereocenters. The number of hydrogen-bond donors (Lipinski definition) is 2. The molecule has 0 spiro atoms. The van der Waals surface area contributed by atoms with Crippen LogP contribution in [0.4, 0.5) is 5.69 Å². The Kier molecular flexibility index (Phi) is 5.09. The van der Waals surface area contributed by atoms with Crippen molar-refractivity contribution in [3.63, 3.8) is 0 Å². The van der Waals surface area contributed by atoms with Gasteiger partial charge in [0.15, 0.2) is 0 Å². The van der Waals surface area contributed by atoms with Crippen LogP contribution in [-0.4, -0.2) is 18.7 Å². The van der Waals surface area contributed by atoms with E-state index >= 15 is 0 Å². The van der Waals surface area contributed by atoms with Crippen molar-refractivity contribution >= 4 is 17.3 Å². The number of benzene rings is 1. The average molecular weight is 257 g/mol. The van der Waals surface area contributed by atoms with Gasteiger partial charge in [0, 0.05) is 11.2 Å². The molecule has 0 amide bonds. The summed E-state index contributed by atoms with van der Waals surface area (Å²) >= 11 is 6.12. The van der Waals surface area contributed by atoms with E-state index in [1.54, 1.807) is 0 Å². The summed E-state index contributed by atoms with van der Waals surface area (Å²) in [6, 6.07) is 5.73. The summed E-state index contributed by atoms with van der Waals surface area (Å²) < 4.78 is 5.39. The molecule has 4 heteroatoms. The van der Waals surface area contributed by atoms with Gasteiger partial charge in [0.25, 0.3) is 0 Å². The standard InChI is InChI=1S/C13H21ClN2O/c1-4-17-12-6-5-10(9-11(12)14)16-13(2,3)7-8-15/h5-6,9,16H,4,7-8,15H2,1-3H3. The van der Waals surface area contributed by atoms with Gasteiger partial charge in [-0.15, -0.1) is 0 Å². The van der Waals surface area contributed by atoms with E-state index < -0.39 is 0 Å². The van der Waals surface area contributed by atoms with E-state index in [4.69, 9.17) is 22.1 Å². The molecule has 3 nitrogen and oxygen atoms in total. The molecule has 0 aliphatic rings. The fourth-order valence-electron chi connectivity index (χ4n) is 1.67. The Morgan fingerprint density at radius 3 is 2.65 bits per heavy atom. The summed E-state index contributed by atoms with van der Waals surface area (Å²) in [5.41, 5.74) is 6.52. The summed E-state index contributed by atoms with van der Waals surface area (Å²) in [6.45, 7) is 7.44. The normalized spacial score (nSPS) is 11.4. The first kappa shape index (κ1) is 14.1. The lowest BCUT2D eigenvalue weighted by Crippen LogP contribution is -2.33. The van der Waals surface area contributed by atoms with Crippen LogP contribution in [0.3, 0.4) is 0 Å². The zero-order valence-corrected chi connectivity index (χ0v) is 11.5. The molecule has 0 bridgehead atoms. The molecule has 0 fully saturated rings. The van der Waals surface area contributed by atoms with Crippen LogP contribution in [0.2, 0.25) is 5.02 Å². The molecule has 96 valence electrons. The average Bonchev–Trinajstić information content (AvgIpc) is 2.21. The van der Waals surface area contributed by atoms with Gasteiger partial charge in [0.2, 0.25) is 0 Å². The van der Waals surface area contributed by atoms with Gasteiger partial charge in [-0.05, 0) is 51.9 Å². The summed E-state index contributed by atoms with van der Waals surface area (Å²) in [5.74, 6) is 0.719. The van der Waals surface area contributed by atoms with Crippen molar-refractivity contribution in [1.82, 2.24) is 0 Å². The van der Waals surface area contributed by atoms with Crippen LogP contribution in [0.25, 0.3) is 0 Å². The van der Waals surface area contributed by atoms with E-state index in [1.165, 1.54) is 0 Å². The minimum Gasteiger partial charge on any atom is -0.492 e. The van der Waals surface area contributed by atoms with E-state index in [9.17, 15) is 0 Å². The third kappa shape index (κ3) is 4.44. The lowest BCUT2D eigenvalue weighted by molar-refractivity contribution is 0.340. The maximum absolute atomic E-state index is 6.12. The minimum absolute atomic E-state index is 0.0365. The summed E-state index contributed by atoms with van der Waals surface area (Å²) in [6.07, 6.45) is 0.901. The van der Waals surface area contributed by atoms with Crippen molar-refractivity contribution < 1.29 is 4.74 Å². The van der Waals surface area contributed by atoms with Crippen LogP contribution in [0.15, 0.2) is 18.2 Å². The molecule has 0 aromatic heterocycles. The number of hydrogen-bond acceptors (Lipinski definition) is 3. The number of rotatable bonds is 6. The molecule has 1 aromatic carbocycles. The molecule has 0 radical (unpaired) electrons. The summed E-state index contributed by atoms with van der Waals surface area (Å²) in [4.78, 5) is 0. The van der Waals surface area contributed by atoms with Crippen molar-refractivity contribution in [1.29, 1.82) is 0 Å². The molecule has 0 saturated carbocycles. The predicted molar refractivity (Wildman–Crippen MR) is 74.0 cm³/mol. The number of halogens is 1. The third-order valence-electron chi connectivity index (χ3n) is 2.48. The van der Waals surface area contributed by atoms with Crippen molar-refractivity contribution in [2.75, 3.05) is 18.5 Å². The first-order chi connectivity index (χ1) is 7.98. The molecule has 3 N–H and O–H groups in total. The van der Waals surface area contributed by atoms with Crippen LogP contribution in [0.5, 0.6) is 5.75 Å². The second-order valence-corrected chi connectivity index (χ2v) is 5.03. The number of anilines is 1. The Morgan fingerprint density at radius 2 is 2.12 bits per heavy atom. The quantitative estimate of drug-likeness (QED) is 0.821. The van der Waals surface area contributed by atoms with Gasteiger partial charge in [-0.1, -0.05) is 11.6 Å². The molecule has 17 heavy (non-hydrogen) atoms. The van der Waals surface area contributed by atoms with Crippen LogP contribution in [0.1, 0.15) is 27.2 Å². The van der Waals surface area contributed by atoms with E-state index in [2.05, 4.69) is 19.2 Å². The van der Waals surface area contributed by atoms with Gasteiger partial charge >= 0.3 is 0 Å². The first-order valence-electron chi connectivity index (χ1n) is 5.89. The van der Waals surface area contributed by atoms with Crippen LogP contribution >= 0.6 is 11.6 Å². The number of ether oxygens (including phenoxy) is 1. The van der Waals surface area contributed by atoms with Crippen molar-refractivity contribution in [3.8, 4) is 5.75 Å². The van der Waals surface area contributed by atoms with Gasteiger partial charge in [0.05, 0.1) is 11.6 Å². The Labute approximate surface area is 108 Å². The molecule has 0 aliphatic heterocycles. The summed E-state index contributed by atoms with van der Waals surface area (Å²) in [5, 5.41) is 4.03. The second kappa shape index (κ2) is 6.12. The fraction of sp³-hybridized carbons (Fsp3) is 0.538. The smallest absolute Gasteiger partial charge is 0.138 e. The monoisotopic (exact) mass is 256 g/mol. The summed E-state index contributed by atoms with van der Waals surface area (Å²) in [7, 11) is 0. The van der Waals surface area contributed by atoms with Crippen LogP contribution < -0.4 is 15.8 Å². The van der Waals surface area contributed by atoms with E-state index in [-0.39, 0.29) is 5.54 Å². The topological polar surface area (TPSA) is 47.3 Å². The fourth-order valence-corrected chi connectivity index (χ4v) is 1.90. The maximum atomic E-state index is 6.12. The lowest BCUT2D eigenvalue weighted by Gasteiger charge is -2.27. The van der Waals surface area contributed by atoms with Gasteiger partial charge < -0.3 is 15.8 Å². The zero-order chi connectivity index (χ0) is 12.9. The predicted octanol–water partition coefficient (Wildman–Crippen LogP) is 3.28. The Morgan fingerprint density at radius 1 is 1.41 bits per heavy atom. The van der Waals surface area contributed by atoms with Crippen molar-refractivity contribution in [3.05, 3.63) is 23.2 Å². The highest BCUT2D eigenvalue weighted by atomic mass is 35.5. The first-order valence-corrected chi connectivity index (χ1v) is 6.27. The molecule has 0 saturated heterocycles. The molecule has 0 heterocycles. The molecular weight excluding hydrogens is 236 g/mol. The van der Waals surface area contributed by atoms with Crippen LogP contribution in [-0.2, 0) is 0 Å². The SMILES string of the molecule is CCOc1ccc(NC(C)(C)CCN)cc1Cl. The zero-order valence-electron chi connectivity index (χ0n) is 10.7. The van der Waals surface area contributed by atoms with Crippen molar-refractivity contribution in [2.24, 2.45) is 5.73 Å². The van der Waals surface area contributed by atoms with E-state index in [1.807, 2.05) is 25.1 Å². The largest absolute Gasteiger partial charge is 0.492 e. The van der Waals surface area contributed by atoms with Crippen LogP contribution in [0, 0.1) is 0 Å². The highest BCUT2D eigenvalue weighted by molar-refractivity contribution is 6.32. The maximum Gasteiger partial charge on any atom is 0.138 e.